The van der Waals surface area contributed by atoms with Crippen molar-refractivity contribution in [1.82, 2.24) is 0 Å². The van der Waals surface area contributed by atoms with E-state index in [9.17, 15) is 4.79 Å². The zero-order valence-electron chi connectivity index (χ0n) is 10.3. The molecule has 2 rings (SSSR count). The van der Waals surface area contributed by atoms with Crippen LogP contribution in [0.1, 0.15) is 18.4 Å². The van der Waals surface area contributed by atoms with Crippen LogP contribution in [0.2, 0.25) is 0 Å². The van der Waals surface area contributed by atoms with Crippen molar-refractivity contribution < 1.29 is 14.6 Å². The number of aliphatic carboxylic acids is 1. The number of benzene rings is 2. The van der Waals surface area contributed by atoms with E-state index >= 15 is 0 Å². The lowest BCUT2D eigenvalue weighted by atomic mass is 10.00. The largest absolute Gasteiger partial charge is 0.497 e. The van der Waals surface area contributed by atoms with Gasteiger partial charge in [-0.25, -0.2) is 0 Å². The number of ether oxygens (including phenoxy) is 1. The first kappa shape index (κ1) is 12.4. The Morgan fingerprint density at radius 2 is 2.11 bits per heavy atom. The quantitative estimate of drug-likeness (QED) is 0.878. The smallest absolute Gasteiger partial charge is 0.303 e. The number of rotatable bonds is 5. The lowest BCUT2D eigenvalue weighted by molar-refractivity contribution is -0.137. The van der Waals surface area contributed by atoms with Crippen LogP contribution in [0.25, 0.3) is 10.8 Å². The summed E-state index contributed by atoms with van der Waals surface area (Å²) in [5.74, 6) is 0.0843. The Labute approximate surface area is 106 Å². The molecule has 0 saturated carbocycles. The van der Waals surface area contributed by atoms with Gasteiger partial charge in [-0.3, -0.25) is 4.79 Å². The summed E-state index contributed by atoms with van der Waals surface area (Å²) in [6.45, 7) is 0. The molecule has 18 heavy (non-hydrogen) atoms. The van der Waals surface area contributed by atoms with E-state index in [1.807, 2.05) is 30.3 Å². The highest BCUT2D eigenvalue weighted by Gasteiger charge is 2.04. The SMILES string of the molecule is COc1ccc2cccc(CCCC(=O)O)c2c1. The summed E-state index contributed by atoms with van der Waals surface area (Å²) in [4.78, 5) is 10.5. The molecule has 0 amide bonds. The summed E-state index contributed by atoms with van der Waals surface area (Å²) in [6, 6.07) is 12.1. The second kappa shape index (κ2) is 5.54. The third kappa shape index (κ3) is 2.80. The maximum Gasteiger partial charge on any atom is 0.303 e. The molecular formula is C15H16O3. The number of carbonyl (C=O) groups is 1. The van der Waals surface area contributed by atoms with E-state index in [0.717, 1.165) is 22.9 Å². The lowest BCUT2D eigenvalue weighted by Gasteiger charge is -2.08. The van der Waals surface area contributed by atoms with Gasteiger partial charge in [-0.05, 0) is 41.3 Å². The Balaban J connectivity index is 2.28. The molecule has 0 aliphatic heterocycles. The summed E-state index contributed by atoms with van der Waals surface area (Å²) in [5, 5.41) is 11.0. The second-order valence-corrected chi connectivity index (χ2v) is 4.25. The maximum absolute atomic E-state index is 10.5. The molecule has 1 N–H and O–H groups in total. The number of hydrogen-bond donors (Lipinski definition) is 1. The third-order valence-corrected chi connectivity index (χ3v) is 3.02. The lowest BCUT2D eigenvalue weighted by Crippen LogP contribution is -1.96. The molecular weight excluding hydrogens is 228 g/mol. The van der Waals surface area contributed by atoms with Crippen molar-refractivity contribution in [3.63, 3.8) is 0 Å². The third-order valence-electron chi connectivity index (χ3n) is 3.02. The van der Waals surface area contributed by atoms with Crippen molar-refractivity contribution in [3.05, 3.63) is 42.0 Å². The van der Waals surface area contributed by atoms with E-state index in [4.69, 9.17) is 9.84 Å². The van der Waals surface area contributed by atoms with Crippen LogP contribution in [0.5, 0.6) is 5.75 Å². The van der Waals surface area contributed by atoms with E-state index in [2.05, 4.69) is 6.07 Å². The van der Waals surface area contributed by atoms with Crippen molar-refractivity contribution >= 4 is 16.7 Å². The zero-order chi connectivity index (χ0) is 13.0. The molecule has 0 bridgehead atoms. The molecule has 0 radical (unpaired) electrons. The van der Waals surface area contributed by atoms with E-state index in [1.165, 1.54) is 5.56 Å². The van der Waals surface area contributed by atoms with Gasteiger partial charge < -0.3 is 9.84 Å². The summed E-state index contributed by atoms with van der Waals surface area (Å²) >= 11 is 0. The number of aryl methyl sites for hydroxylation is 1. The van der Waals surface area contributed by atoms with Gasteiger partial charge in [0.15, 0.2) is 0 Å². The van der Waals surface area contributed by atoms with Crippen LogP contribution < -0.4 is 4.74 Å². The molecule has 0 fully saturated rings. The van der Waals surface area contributed by atoms with Crippen LogP contribution in [0.3, 0.4) is 0 Å². The average molecular weight is 244 g/mol. The van der Waals surface area contributed by atoms with Crippen LogP contribution in [-0.4, -0.2) is 18.2 Å². The fourth-order valence-corrected chi connectivity index (χ4v) is 2.09. The topological polar surface area (TPSA) is 46.5 Å². The predicted molar refractivity (Wildman–Crippen MR) is 71.1 cm³/mol. The Hall–Kier alpha value is -2.03. The molecule has 0 aromatic heterocycles. The highest BCUT2D eigenvalue weighted by Crippen LogP contribution is 2.25. The van der Waals surface area contributed by atoms with Gasteiger partial charge in [-0.1, -0.05) is 24.3 Å². The van der Waals surface area contributed by atoms with Crippen LogP contribution in [0.4, 0.5) is 0 Å². The Morgan fingerprint density at radius 1 is 1.28 bits per heavy atom. The first-order valence-corrected chi connectivity index (χ1v) is 5.98. The van der Waals surface area contributed by atoms with E-state index in [1.54, 1.807) is 7.11 Å². The van der Waals surface area contributed by atoms with E-state index < -0.39 is 5.97 Å². The molecule has 0 spiro atoms. The Morgan fingerprint density at radius 3 is 2.83 bits per heavy atom. The molecule has 3 nitrogen and oxygen atoms in total. The highest BCUT2D eigenvalue weighted by atomic mass is 16.5. The van der Waals surface area contributed by atoms with Crippen molar-refractivity contribution in [2.45, 2.75) is 19.3 Å². The molecule has 0 aliphatic rings. The van der Waals surface area contributed by atoms with Crippen molar-refractivity contribution in [2.75, 3.05) is 7.11 Å². The first-order valence-electron chi connectivity index (χ1n) is 5.98. The molecule has 3 heteroatoms. The summed E-state index contributed by atoms with van der Waals surface area (Å²) < 4.78 is 5.23. The van der Waals surface area contributed by atoms with Crippen molar-refractivity contribution in [1.29, 1.82) is 0 Å². The molecule has 2 aromatic rings. The fourth-order valence-electron chi connectivity index (χ4n) is 2.09. The predicted octanol–water partition coefficient (Wildman–Crippen LogP) is 3.26. The number of carboxylic acids is 1. The van der Waals surface area contributed by atoms with Gasteiger partial charge in [0, 0.05) is 6.42 Å². The standard InChI is InChI=1S/C15H16O3/c1-18-13-9-8-12-5-2-4-11(14(12)10-13)6-3-7-15(16)17/h2,4-5,8-10H,3,6-7H2,1H3,(H,16,17). The van der Waals surface area contributed by atoms with Crippen molar-refractivity contribution in [3.8, 4) is 5.75 Å². The summed E-state index contributed by atoms with van der Waals surface area (Å²) in [5.41, 5.74) is 1.17. The average Bonchev–Trinajstić information content (AvgIpc) is 2.38. The monoisotopic (exact) mass is 244 g/mol. The molecule has 0 heterocycles. The fraction of sp³-hybridized carbons (Fsp3) is 0.267. The van der Waals surface area contributed by atoms with Gasteiger partial charge in [-0.2, -0.15) is 0 Å². The van der Waals surface area contributed by atoms with Crippen LogP contribution in [-0.2, 0) is 11.2 Å². The summed E-state index contributed by atoms with van der Waals surface area (Å²) in [6.07, 6.45) is 1.64. The first-order chi connectivity index (χ1) is 8.70. The zero-order valence-corrected chi connectivity index (χ0v) is 10.3. The van der Waals surface area contributed by atoms with Gasteiger partial charge in [-0.15, -0.1) is 0 Å². The highest BCUT2D eigenvalue weighted by molar-refractivity contribution is 5.87. The van der Waals surface area contributed by atoms with Crippen LogP contribution >= 0.6 is 0 Å². The number of fused-ring (bicyclic) bond motifs is 1. The molecule has 94 valence electrons. The minimum absolute atomic E-state index is 0.209. The Kier molecular flexibility index (Phi) is 3.82. The number of hydrogen-bond acceptors (Lipinski definition) is 2. The van der Waals surface area contributed by atoms with E-state index in [-0.39, 0.29) is 6.42 Å². The minimum Gasteiger partial charge on any atom is -0.497 e. The van der Waals surface area contributed by atoms with Gasteiger partial charge in [0.2, 0.25) is 0 Å². The normalized spacial score (nSPS) is 10.5. The van der Waals surface area contributed by atoms with Crippen LogP contribution in [0.15, 0.2) is 36.4 Å². The number of carboxylic acid groups (broad SMARTS) is 1. The molecule has 0 aliphatic carbocycles. The molecule has 2 aromatic carbocycles. The van der Waals surface area contributed by atoms with E-state index in [0.29, 0.717) is 6.42 Å². The van der Waals surface area contributed by atoms with Gasteiger partial charge in [0.05, 0.1) is 7.11 Å². The molecule has 0 atom stereocenters. The maximum atomic E-state index is 10.5. The van der Waals surface area contributed by atoms with Gasteiger partial charge >= 0.3 is 5.97 Å². The van der Waals surface area contributed by atoms with Gasteiger partial charge in [0.1, 0.15) is 5.75 Å². The number of methoxy groups -OCH3 is 1. The van der Waals surface area contributed by atoms with Crippen molar-refractivity contribution in [2.24, 2.45) is 0 Å². The molecule has 0 saturated heterocycles. The minimum atomic E-state index is -0.743. The van der Waals surface area contributed by atoms with Gasteiger partial charge in [0.25, 0.3) is 0 Å². The summed E-state index contributed by atoms with van der Waals surface area (Å²) in [7, 11) is 1.65. The second-order valence-electron chi connectivity index (χ2n) is 4.25. The Bertz CT molecular complexity index is 561. The van der Waals surface area contributed by atoms with Crippen LogP contribution in [0, 0.1) is 0 Å². The molecule has 0 unspecified atom stereocenters.